The number of thiazole rings is 1. The van der Waals surface area contributed by atoms with Crippen LogP contribution in [0.2, 0.25) is 10.0 Å². The van der Waals surface area contributed by atoms with Crippen LogP contribution < -0.4 is 4.80 Å². The lowest BCUT2D eigenvalue weighted by Gasteiger charge is -2.03. The summed E-state index contributed by atoms with van der Waals surface area (Å²) in [7, 11) is 1.69. The molecule has 118 valence electrons. The number of nitrogens with zero attached hydrogens (tertiary/aromatic N) is 4. The number of benzene rings is 1. The van der Waals surface area contributed by atoms with E-state index in [1.54, 1.807) is 37.5 Å². The topological polar surface area (TPSA) is 52.2 Å². The van der Waals surface area contributed by atoms with E-state index in [9.17, 15) is 4.79 Å². The second-order valence-electron chi connectivity index (χ2n) is 4.75. The van der Waals surface area contributed by atoms with Gasteiger partial charge in [-0.05, 0) is 18.2 Å². The molecule has 0 radical (unpaired) electrons. The molecule has 0 aliphatic heterocycles. The fourth-order valence-electron chi connectivity index (χ4n) is 2.22. The summed E-state index contributed by atoms with van der Waals surface area (Å²) in [5.74, 6) is -0.374. The molecule has 0 N–H and O–H groups in total. The van der Waals surface area contributed by atoms with Gasteiger partial charge in [0.1, 0.15) is 5.69 Å². The van der Waals surface area contributed by atoms with Crippen LogP contribution in [0.5, 0.6) is 0 Å². The lowest BCUT2D eigenvalue weighted by Crippen LogP contribution is -2.17. The average molecular weight is 367 g/mol. The first-order valence-electron chi connectivity index (χ1n) is 6.68. The normalized spacial score (nSPS) is 12.0. The van der Waals surface area contributed by atoms with Crippen molar-refractivity contribution in [3.8, 4) is 0 Å². The highest BCUT2D eigenvalue weighted by Gasteiger charge is 2.14. The van der Waals surface area contributed by atoms with Gasteiger partial charge >= 0.3 is 0 Å². The van der Waals surface area contributed by atoms with Gasteiger partial charge in [-0.25, -0.2) is 0 Å². The predicted octanol–water partition coefficient (Wildman–Crippen LogP) is 3.67. The number of aromatic nitrogens is 3. The molecule has 0 unspecified atom stereocenters. The van der Waals surface area contributed by atoms with Gasteiger partial charge < -0.3 is 4.57 Å². The fourth-order valence-corrected chi connectivity index (χ4v) is 3.88. The van der Waals surface area contributed by atoms with Gasteiger partial charge in [0.2, 0.25) is 0 Å². The van der Waals surface area contributed by atoms with E-state index in [1.807, 2.05) is 4.57 Å². The van der Waals surface area contributed by atoms with Gasteiger partial charge in [0, 0.05) is 19.8 Å². The lowest BCUT2D eigenvalue weighted by molar-refractivity contribution is 0.0989. The fraction of sp³-hybridized carbons (Fsp3) is 0.133. The van der Waals surface area contributed by atoms with E-state index in [2.05, 4.69) is 16.7 Å². The summed E-state index contributed by atoms with van der Waals surface area (Å²) in [4.78, 5) is 17.1. The number of halogens is 2. The number of rotatable bonds is 3. The Morgan fingerprint density at radius 2 is 2.13 bits per heavy atom. The van der Waals surface area contributed by atoms with Crippen molar-refractivity contribution >= 4 is 50.7 Å². The number of hydrogen-bond donors (Lipinski definition) is 0. The minimum atomic E-state index is -0.374. The second-order valence-corrected chi connectivity index (χ2v) is 6.54. The summed E-state index contributed by atoms with van der Waals surface area (Å²) < 4.78 is 4.10. The zero-order chi connectivity index (χ0) is 16.6. The number of allylic oxidation sites excluding steroid dienone is 1. The average Bonchev–Trinajstić information content (AvgIpc) is 3.09. The highest BCUT2D eigenvalue weighted by atomic mass is 35.5. The first-order chi connectivity index (χ1) is 11.0. The number of aryl methyl sites for hydroxylation is 1. The molecule has 0 saturated carbocycles. The van der Waals surface area contributed by atoms with Crippen LogP contribution in [0.15, 0.2) is 42.0 Å². The third-order valence-corrected chi connectivity index (χ3v) is 5.12. The third kappa shape index (κ3) is 2.85. The van der Waals surface area contributed by atoms with E-state index in [1.165, 1.54) is 16.0 Å². The molecule has 0 fully saturated rings. The van der Waals surface area contributed by atoms with Crippen LogP contribution in [0, 0.1) is 0 Å². The molecule has 5 nitrogen and oxygen atoms in total. The van der Waals surface area contributed by atoms with E-state index in [4.69, 9.17) is 23.2 Å². The van der Waals surface area contributed by atoms with Crippen molar-refractivity contribution in [1.82, 2.24) is 14.3 Å². The largest absolute Gasteiger partial charge is 0.311 e. The first-order valence-corrected chi connectivity index (χ1v) is 8.25. The Labute approximate surface area is 146 Å². The maximum Gasteiger partial charge on any atom is 0.297 e. The molecule has 8 heteroatoms. The number of amides is 1. The molecular weight excluding hydrogens is 355 g/mol. The minimum Gasteiger partial charge on any atom is -0.311 e. The van der Waals surface area contributed by atoms with Gasteiger partial charge in [-0.15, -0.1) is 6.58 Å². The predicted molar refractivity (Wildman–Crippen MR) is 93.1 cm³/mol. The number of fused-ring (bicyclic) bond motifs is 1. The Hall–Kier alpha value is -1.89. The molecule has 2 heterocycles. The van der Waals surface area contributed by atoms with Crippen LogP contribution in [0.3, 0.4) is 0 Å². The molecule has 0 atom stereocenters. The lowest BCUT2D eigenvalue weighted by atomic mass is 10.3. The van der Waals surface area contributed by atoms with E-state index in [0.29, 0.717) is 27.1 Å². The summed E-state index contributed by atoms with van der Waals surface area (Å²) in [6.45, 7) is 4.22. The molecule has 0 bridgehead atoms. The Bertz CT molecular complexity index is 983. The molecule has 0 aliphatic rings. The molecule has 0 spiro atoms. The molecular formula is C15H12Cl2N4OS. The quantitative estimate of drug-likeness (QED) is 0.664. The molecule has 2 aromatic heterocycles. The zero-order valence-corrected chi connectivity index (χ0v) is 14.5. The smallest absolute Gasteiger partial charge is 0.297 e. The Morgan fingerprint density at radius 1 is 1.39 bits per heavy atom. The van der Waals surface area contributed by atoms with E-state index >= 15 is 0 Å². The highest BCUT2D eigenvalue weighted by molar-refractivity contribution is 7.17. The van der Waals surface area contributed by atoms with Crippen molar-refractivity contribution in [3.05, 3.63) is 57.6 Å². The summed E-state index contributed by atoms with van der Waals surface area (Å²) in [5.41, 5.74) is 1.16. The van der Waals surface area contributed by atoms with Crippen LogP contribution in [-0.2, 0) is 13.6 Å². The SMILES string of the molecule is C=CCn1c(=NC(=O)c2ccnn2C)sc2c(Cl)ccc(Cl)c21. The second kappa shape index (κ2) is 6.31. The zero-order valence-electron chi connectivity index (χ0n) is 12.2. The van der Waals surface area contributed by atoms with Gasteiger partial charge in [0.15, 0.2) is 4.80 Å². The first kappa shape index (κ1) is 16.0. The van der Waals surface area contributed by atoms with E-state index < -0.39 is 0 Å². The summed E-state index contributed by atoms with van der Waals surface area (Å²) in [6, 6.07) is 5.08. The Balaban J connectivity index is 2.27. The summed E-state index contributed by atoms with van der Waals surface area (Å²) >= 11 is 13.9. The number of hydrogen-bond acceptors (Lipinski definition) is 3. The Morgan fingerprint density at radius 3 is 2.78 bits per heavy atom. The summed E-state index contributed by atoms with van der Waals surface area (Å²) in [6.07, 6.45) is 3.27. The summed E-state index contributed by atoms with van der Waals surface area (Å²) in [5, 5.41) is 5.11. The van der Waals surface area contributed by atoms with Crippen molar-refractivity contribution in [3.63, 3.8) is 0 Å². The van der Waals surface area contributed by atoms with Crippen molar-refractivity contribution in [1.29, 1.82) is 0 Å². The Kier molecular flexibility index (Phi) is 4.39. The highest BCUT2D eigenvalue weighted by Crippen LogP contribution is 2.31. The van der Waals surface area contributed by atoms with Crippen molar-refractivity contribution in [2.24, 2.45) is 12.0 Å². The molecule has 0 saturated heterocycles. The monoisotopic (exact) mass is 366 g/mol. The van der Waals surface area contributed by atoms with Gasteiger partial charge in [-0.1, -0.05) is 40.6 Å². The molecule has 23 heavy (non-hydrogen) atoms. The maximum atomic E-state index is 12.4. The molecule has 1 aromatic carbocycles. The van der Waals surface area contributed by atoms with Gasteiger partial charge in [0.25, 0.3) is 5.91 Å². The minimum absolute atomic E-state index is 0.374. The van der Waals surface area contributed by atoms with Crippen LogP contribution in [0.4, 0.5) is 0 Å². The van der Waals surface area contributed by atoms with Crippen LogP contribution in [0.1, 0.15) is 10.5 Å². The van der Waals surface area contributed by atoms with Crippen LogP contribution in [-0.4, -0.2) is 20.3 Å². The molecule has 3 rings (SSSR count). The van der Waals surface area contributed by atoms with Crippen LogP contribution in [0.25, 0.3) is 10.2 Å². The molecule has 3 aromatic rings. The standard InChI is InChI=1S/C15H12Cl2N4OS/c1-3-8-21-12-9(16)4-5-10(17)13(12)23-15(21)19-14(22)11-6-7-18-20(11)2/h3-7H,1,8H2,2H3. The van der Waals surface area contributed by atoms with Crippen molar-refractivity contribution in [2.45, 2.75) is 6.54 Å². The van der Waals surface area contributed by atoms with E-state index in [-0.39, 0.29) is 5.91 Å². The van der Waals surface area contributed by atoms with Gasteiger partial charge in [0.05, 0.1) is 20.3 Å². The van der Waals surface area contributed by atoms with Gasteiger partial charge in [-0.3, -0.25) is 9.48 Å². The number of carbonyl (C=O) groups is 1. The molecule has 0 aliphatic carbocycles. The number of carbonyl (C=O) groups excluding carboxylic acids is 1. The van der Waals surface area contributed by atoms with E-state index in [0.717, 1.165) is 10.2 Å². The third-order valence-electron chi connectivity index (χ3n) is 3.28. The van der Waals surface area contributed by atoms with Crippen molar-refractivity contribution < 1.29 is 4.79 Å². The molecule has 1 amide bonds. The van der Waals surface area contributed by atoms with Gasteiger partial charge in [-0.2, -0.15) is 10.1 Å². The van der Waals surface area contributed by atoms with Crippen molar-refractivity contribution in [2.75, 3.05) is 0 Å². The maximum absolute atomic E-state index is 12.4. The van der Waals surface area contributed by atoms with Crippen LogP contribution >= 0.6 is 34.5 Å².